The Morgan fingerprint density at radius 1 is 1.32 bits per heavy atom. The highest BCUT2D eigenvalue weighted by Gasteiger charge is 2.30. The number of amides is 1. The number of pyridine rings is 1. The van der Waals surface area contributed by atoms with Gasteiger partial charge in [-0.1, -0.05) is 0 Å². The molecule has 0 saturated carbocycles. The summed E-state index contributed by atoms with van der Waals surface area (Å²) in [6.45, 7) is 3.39. The van der Waals surface area contributed by atoms with Crippen molar-refractivity contribution in [3.05, 3.63) is 52.5 Å². The van der Waals surface area contributed by atoms with E-state index in [1.807, 2.05) is 47.0 Å². The molecule has 4 rings (SSSR count). The Balaban J connectivity index is 1.68. The topological polar surface area (TPSA) is 55.4 Å². The lowest BCUT2D eigenvalue weighted by atomic mass is 10.1. The summed E-state index contributed by atoms with van der Waals surface area (Å²) in [5.41, 5.74) is 2.44. The maximum atomic E-state index is 12.8. The number of fused-ring (bicyclic) bond motifs is 2. The fourth-order valence-electron chi connectivity index (χ4n) is 2.93. The molecule has 7 heteroatoms. The minimum atomic E-state index is -0.0419. The molecule has 1 atom stereocenters. The lowest BCUT2D eigenvalue weighted by Crippen LogP contribution is -2.41. The number of halogens is 1. The molecule has 0 saturated heterocycles. The van der Waals surface area contributed by atoms with Crippen molar-refractivity contribution >= 4 is 27.4 Å². The van der Waals surface area contributed by atoms with Crippen molar-refractivity contribution in [1.82, 2.24) is 24.3 Å². The number of rotatable bonds is 1. The molecule has 4 heterocycles. The van der Waals surface area contributed by atoms with Crippen molar-refractivity contribution in [2.24, 2.45) is 0 Å². The van der Waals surface area contributed by atoms with E-state index >= 15 is 0 Å². The largest absolute Gasteiger partial charge is 0.327 e. The van der Waals surface area contributed by atoms with Gasteiger partial charge in [-0.05, 0) is 47.1 Å². The summed E-state index contributed by atoms with van der Waals surface area (Å²) in [4.78, 5) is 14.7. The van der Waals surface area contributed by atoms with E-state index in [1.54, 1.807) is 10.7 Å². The summed E-state index contributed by atoms with van der Waals surface area (Å²) >= 11 is 3.41. The van der Waals surface area contributed by atoms with Gasteiger partial charge in [0.05, 0.1) is 23.8 Å². The lowest BCUT2D eigenvalue weighted by molar-refractivity contribution is 0.0630. The zero-order valence-corrected chi connectivity index (χ0v) is 13.6. The highest BCUT2D eigenvalue weighted by Crippen LogP contribution is 2.26. The predicted octanol–water partition coefficient (Wildman–Crippen LogP) is 2.51. The number of carbonyl (C=O) groups excluding carboxylic acids is 1. The van der Waals surface area contributed by atoms with Gasteiger partial charge in [-0.2, -0.15) is 10.2 Å². The second kappa shape index (κ2) is 4.95. The van der Waals surface area contributed by atoms with Crippen molar-refractivity contribution in [3.63, 3.8) is 0 Å². The van der Waals surface area contributed by atoms with Crippen molar-refractivity contribution in [1.29, 1.82) is 0 Å². The van der Waals surface area contributed by atoms with E-state index < -0.39 is 0 Å². The molecule has 0 N–H and O–H groups in total. The summed E-state index contributed by atoms with van der Waals surface area (Å²) in [7, 11) is 0. The van der Waals surface area contributed by atoms with Crippen LogP contribution in [0, 0.1) is 0 Å². The molecule has 0 aromatic carbocycles. The van der Waals surface area contributed by atoms with Crippen LogP contribution in [0.3, 0.4) is 0 Å². The number of aromatic nitrogens is 4. The van der Waals surface area contributed by atoms with E-state index in [1.165, 1.54) is 0 Å². The molecule has 0 aliphatic carbocycles. The fraction of sp³-hybridized carbons (Fsp3) is 0.267. The fourth-order valence-corrected chi connectivity index (χ4v) is 3.26. The van der Waals surface area contributed by atoms with Crippen LogP contribution in [0.25, 0.3) is 5.52 Å². The maximum Gasteiger partial charge on any atom is 0.275 e. The van der Waals surface area contributed by atoms with Crippen LogP contribution >= 0.6 is 15.9 Å². The van der Waals surface area contributed by atoms with Gasteiger partial charge in [-0.25, -0.2) is 4.52 Å². The van der Waals surface area contributed by atoms with Crippen molar-refractivity contribution in [2.45, 2.75) is 19.5 Å². The average molecular weight is 360 g/mol. The molecule has 112 valence electrons. The second-order valence-electron chi connectivity index (χ2n) is 5.40. The molecule has 22 heavy (non-hydrogen) atoms. The Hall–Kier alpha value is -2.15. The molecule has 1 aliphatic heterocycles. The number of hydrogen-bond donors (Lipinski definition) is 0. The van der Waals surface area contributed by atoms with Gasteiger partial charge in [0.25, 0.3) is 5.91 Å². The number of nitrogens with zero attached hydrogens (tertiary/aromatic N) is 5. The molecule has 1 unspecified atom stereocenters. The van der Waals surface area contributed by atoms with Crippen LogP contribution < -0.4 is 0 Å². The first-order valence-electron chi connectivity index (χ1n) is 7.11. The van der Waals surface area contributed by atoms with Crippen LogP contribution in [-0.2, 0) is 6.54 Å². The summed E-state index contributed by atoms with van der Waals surface area (Å²) in [5.74, 6) is -0.0419. The van der Waals surface area contributed by atoms with Crippen LogP contribution in [0.5, 0.6) is 0 Å². The third-order valence-electron chi connectivity index (χ3n) is 4.10. The summed E-state index contributed by atoms with van der Waals surface area (Å²) in [5, 5.41) is 8.67. The predicted molar refractivity (Wildman–Crippen MR) is 84.6 cm³/mol. The standard InChI is InChI=1S/C15H14BrN5O/c1-10-14-4-5-17-20(14)7-6-19(10)15(22)13-8-12-3-2-11(16)9-21(12)18-13/h2-5,8-10H,6-7H2,1H3. The van der Waals surface area contributed by atoms with Crippen molar-refractivity contribution < 1.29 is 4.79 Å². The van der Waals surface area contributed by atoms with Gasteiger partial charge < -0.3 is 4.90 Å². The average Bonchev–Trinajstić information content (AvgIpc) is 3.12. The molecule has 3 aromatic heterocycles. The molecular formula is C15H14BrN5O. The van der Waals surface area contributed by atoms with Crippen LogP contribution in [-0.4, -0.2) is 36.7 Å². The molecular weight excluding hydrogens is 346 g/mol. The van der Waals surface area contributed by atoms with Crippen LogP contribution in [0.15, 0.2) is 41.1 Å². The van der Waals surface area contributed by atoms with Gasteiger partial charge in [-0.3, -0.25) is 9.48 Å². The van der Waals surface area contributed by atoms with Gasteiger partial charge in [0.15, 0.2) is 5.69 Å². The normalized spacial score (nSPS) is 17.7. The zero-order valence-electron chi connectivity index (χ0n) is 12.0. The minimum absolute atomic E-state index is 0.000276. The molecule has 0 spiro atoms. The lowest BCUT2D eigenvalue weighted by Gasteiger charge is -2.33. The Bertz CT molecular complexity index is 868. The molecule has 0 bridgehead atoms. The van der Waals surface area contributed by atoms with E-state index in [9.17, 15) is 4.79 Å². The number of hydrogen-bond acceptors (Lipinski definition) is 3. The van der Waals surface area contributed by atoms with Gasteiger partial charge >= 0.3 is 0 Å². The van der Waals surface area contributed by atoms with E-state index in [4.69, 9.17) is 0 Å². The first-order chi connectivity index (χ1) is 10.6. The van der Waals surface area contributed by atoms with Gasteiger partial charge in [0, 0.05) is 23.4 Å². The third-order valence-corrected chi connectivity index (χ3v) is 4.57. The Morgan fingerprint density at radius 2 is 2.18 bits per heavy atom. The van der Waals surface area contributed by atoms with E-state index in [2.05, 4.69) is 26.1 Å². The van der Waals surface area contributed by atoms with Crippen LogP contribution in [0.1, 0.15) is 29.1 Å². The summed E-state index contributed by atoms with van der Waals surface area (Å²) < 4.78 is 4.60. The van der Waals surface area contributed by atoms with Crippen molar-refractivity contribution in [2.75, 3.05) is 6.54 Å². The smallest absolute Gasteiger partial charge is 0.275 e. The van der Waals surface area contributed by atoms with Crippen molar-refractivity contribution in [3.8, 4) is 0 Å². The minimum Gasteiger partial charge on any atom is -0.327 e. The van der Waals surface area contributed by atoms with E-state index in [0.717, 1.165) is 22.2 Å². The first kappa shape index (κ1) is 13.5. The van der Waals surface area contributed by atoms with E-state index in [-0.39, 0.29) is 11.9 Å². The monoisotopic (exact) mass is 359 g/mol. The van der Waals surface area contributed by atoms with Crippen LogP contribution in [0.2, 0.25) is 0 Å². The van der Waals surface area contributed by atoms with Gasteiger partial charge in [0.2, 0.25) is 0 Å². The van der Waals surface area contributed by atoms with Gasteiger partial charge in [-0.15, -0.1) is 0 Å². The van der Waals surface area contributed by atoms with E-state index in [0.29, 0.717) is 12.2 Å². The molecule has 0 radical (unpaired) electrons. The highest BCUT2D eigenvalue weighted by molar-refractivity contribution is 9.10. The second-order valence-corrected chi connectivity index (χ2v) is 6.32. The third kappa shape index (κ3) is 2.04. The first-order valence-corrected chi connectivity index (χ1v) is 7.90. The number of carbonyl (C=O) groups is 1. The summed E-state index contributed by atoms with van der Waals surface area (Å²) in [6, 6.07) is 7.66. The Kier molecular flexibility index (Phi) is 3.04. The Labute approximate surface area is 135 Å². The quantitative estimate of drug-likeness (QED) is 0.670. The summed E-state index contributed by atoms with van der Waals surface area (Å²) in [6.07, 6.45) is 3.63. The van der Waals surface area contributed by atoms with Crippen LogP contribution in [0.4, 0.5) is 0 Å². The molecule has 1 aliphatic rings. The van der Waals surface area contributed by atoms with Gasteiger partial charge in [0.1, 0.15) is 0 Å². The molecule has 0 fully saturated rings. The maximum absolute atomic E-state index is 12.8. The molecule has 6 nitrogen and oxygen atoms in total. The zero-order chi connectivity index (χ0) is 15.3. The molecule has 1 amide bonds. The Morgan fingerprint density at radius 3 is 3.05 bits per heavy atom. The molecule has 3 aromatic rings. The SMILES string of the molecule is CC1c2ccnn2CCN1C(=O)c1cc2ccc(Br)cn2n1. The highest BCUT2D eigenvalue weighted by atomic mass is 79.9.